The Labute approximate surface area is 130 Å². The van der Waals surface area contributed by atoms with Gasteiger partial charge in [0.15, 0.2) is 0 Å². The highest BCUT2D eigenvalue weighted by atomic mass is 19.1. The summed E-state index contributed by atoms with van der Waals surface area (Å²) in [5.41, 5.74) is 2.03. The summed E-state index contributed by atoms with van der Waals surface area (Å²) in [4.78, 5) is 4.66. The smallest absolute Gasteiger partial charge is 0.123 e. The molecule has 2 aromatic rings. The minimum atomic E-state index is -0.178. The van der Waals surface area contributed by atoms with Crippen molar-refractivity contribution in [2.24, 2.45) is 0 Å². The second kappa shape index (κ2) is 6.99. The lowest BCUT2D eigenvalue weighted by Gasteiger charge is -2.34. The maximum Gasteiger partial charge on any atom is 0.123 e. The molecular weight excluding hydrogens is 282 g/mol. The molecule has 2 nitrogen and oxygen atoms in total. The van der Waals surface area contributed by atoms with Gasteiger partial charge in [-0.3, -0.25) is 9.80 Å². The third-order valence-electron chi connectivity index (χ3n) is 4.06. The second-order valence-electron chi connectivity index (χ2n) is 5.81. The summed E-state index contributed by atoms with van der Waals surface area (Å²) in [5, 5.41) is 0. The lowest BCUT2D eigenvalue weighted by molar-refractivity contribution is 0.122. The van der Waals surface area contributed by atoms with Crippen molar-refractivity contribution in [2.45, 2.75) is 13.1 Å². The van der Waals surface area contributed by atoms with Crippen LogP contribution in [0.1, 0.15) is 11.1 Å². The van der Waals surface area contributed by atoms with Gasteiger partial charge >= 0.3 is 0 Å². The van der Waals surface area contributed by atoms with Gasteiger partial charge in [0.2, 0.25) is 0 Å². The van der Waals surface area contributed by atoms with Gasteiger partial charge in [-0.1, -0.05) is 24.3 Å². The van der Waals surface area contributed by atoms with E-state index in [2.05, 4.69) is 9.80 Å². The number of halogens is 2. The molecule has 1 aliphatic rings. The Kier molecular flexibility index (Phi) is 4.80. The highest BCUT2D eigenvalue weighted by molar-refractivity contribution is 5.17. The summed E-state index contributed by atoms with van der Waals surface area (Å²) in [6.07, 6.45) is 0. The first-order chi connectivity index (χ1) is 10.7. The summed E-state index contributed by atoms with van der Waals surface area (Å²) in [6.45, 7) is 5.37. The van der Waals surface area contributed by atoms with E-state index in [9.17, 15) is 8.78 Å². The Bertz CT molecular complexity index is 566. The van der Waals surface area contributed by atoms with Gasteiger partial charge in [0, 0.05) is 39.3 Å². The highest BCUT2D eigenvalue weighted by Crippen LogP contribution is 2.13. The van der Waals surface area contributed by atoms with E-state index >= 15 is 0 Å². The van der Waals surface area contributed by atoms with Crippen LogP contribution in [-0.4, -0.2) is 36.0 Å². The molecule has 0 aliphatic carbocycles. The Morgan fingerprint density at radius 2 is 1.09 bits per heavy atom. The van der Waals surface area contributed by atoms with Gasteiger partial charge in [0.1, 0.15) is 11.6 Å². The maximum atomic E-state index is 13.2. The van der Waals surface area contributed by atoms with Crippen LogP contribution in [0.25, 0.3) is 0 Å². The molecule has 22 heavy (non-hydrogen) atoms. The monoisotopic (exact) mass is 302 g/mol. The number of piperazine rings is 1. The van der Waals surface area contributed by atoms with Crippen molar-refractivity contribution in [3.63, 3.8) is 0 Å². The molecule has 1 aliphatic heterocycles. The van der Waals surface area contributed by atoms with E-state index in [0.29, 0.717) is 0 Å². The van der Waals surface area contributed by atoms with Crippen molar-refractivity contribution in [3.05, 3.63) is 71.3 Å². The van der Waals surface area contributed by atoms with E-state index in [1.165, 1.54) is 12.1 Å². The van der Waals surface area contributed by atoms with Crippen LogP contribution in [0.15, 0.2) is 48.5 Å². The van der Waals surface area contributed by atoms with Gasteiger partial charge in [-0.05, 0) is 35.4 Å². The minimum Gasteiger partial charge on any atom is -0.297 e. The number of hydrogen-bond donors (Lipinski definition) is 0. The Hall–Kier alpha value is -1.78. The van der Waals surface area contributed by atoms with E-state index in [0.717, 1.165) is 50.4 Å². The first kappa shape index (κ1) is 15.1. The largest absolute Gasteiger partial charge is 0.297 e. The Morgan fingerprint density at radius 1 is 0.682 bits per heavy atom. The van der Waals surface area contributed by atoms with Gasteiger partial charge in [-0.25, -0.2) is 8.78 Å². The van der Waals surface area contributed by atoms with E-state index in [-0.39, 0.29) is 11.6 Å². The quantitative estimate of drug-likeness (QED) is 0.855. The third-order valence-corrected chi connectivity index (χ3v) is 4.06. The fraction of sp³-hybridized carbons (Fsp3) is 0.333. The summed E-state index contributed by atoms with van der Waals surface area (Å²) in [6, 6.07) is 13.6. The fourth-order valence-corrected chi connectivity index (χ4v) is 2.89. The minimum absolute atomic E-state index is 0.178. The van der Waals surface area contributed by atoms with Crippen molar-refractivity contribution in [1.82, 2.24) is 9.80 Å². The molecule has 0 bridgehead atoms. The summed E-state index contributed by atoms with van der Waals surface area (Å²) >= 11 is 0. The molecule has 0 aromatic heterocycles. The molecule has 2 aromatic carbocycles. The molecule has 0 radical (unpaired) electrons. The standard InChI is InChI=1S/C18H20F2N2/c19-17-5-1-3-15(11-17)13-21-7-9-22(10-8-21)14-16-4-2-6-18(20)12-16/h1-6,11-12H,7-10,13-14H2. The maximum absolute atomic E-state index is 13.2. The Morgan fingerprint density at radius 3 is 1.45 bits per heavy atom. The normalized spacial score (nSPS) is 16.8. The molecule has 0 atom stereocenters. The lowest BCUT2D eigenvalue weighted by atomic mass is 10.1. The summed E-state index contributed by atoms with van der Waals surface area (Å²) in [5.74, 6) is -0.357. The van der Waals surface area contributed by atoms with Gasteiger partial charge < -0.3 is 0 Å². The average molecular weight is 302 g/mol. The van der Waals surface area contributed by atoms with Crippen molar-refractivity contribution in [3.8, 4) is 0 Å². The van der Waals surface area contributed by atoms with Crippen LogP contribution in [0.4, 0.5) is 8.78 Å². The van der Waals surface area contributed by atoms with Crippen molar-refractivity contribution >= 4 is 0 Å². The second-order valence-corrected chi connectivity index (χ2v) is 5.81. The number of rotatable bonds is 4. The van der Waals surface area contributed by atoms with E-state index in [1.54, 1.807) is 24.3 Å². The predicted molar refractivity (Wildman–Crippen MR) is 83.4 cm³/mol. The molecular formula is C18H20F2N2. The molecule has 0 amide bonds. The first-order valence-electron chi connectivity index (χ1n) is 7.63. The molecule has 1 fully saturated rings. The molecule has 0 saturated carbocycles. The van der Waals surface area contributed by atoms with Crippen LogP contribution >= 0.6 is 0 Å². The topological polar surface area (TPSA) is 6.48 Å². The highest BCUT2D eigenvalue weighted by Gasteiger charge is 2.17. The van der Waals surface area contributed by atoms with E-state index in [1.807, 2.05) is 12.1 Å². The van der Waals surface area contributed by atoms with Crippen LogP contribution < -0.4 is 0 Å². The van der Waals surface area contributed by atoms with E-state index < -0.39 is 0 Å². The molecule has 116 valence electrons. The number of hydrogen-bond acceptors (Lipinski definition) is 2. The first-order valence-corrected chi connectivity index (χ1v) is 7.63. The number of nitrogens with zero attached hydrogens (tertiary/aromatic N) is 2. The predicted octanol–water partition coefficient (Wildman–Crippen LogP) is 3.28. The zero-order valence-corrected chi connectivity index (χ0v) is 12.5. The zero-order valence-electron chi connectivity index (χ0n) is 12.5. The number of benzene rings is 2. The SMILES string of the molecule is Fc1cccc(CN2CCN(Cc3cccc(F)c3)CC2)c1. The molecule has 0 unspecified atom stereocenters. The summed E-state index contributed by atoms with van der Waals surface area (Å²) in [7, 11) is 0. The van der Waals surface area contributed by atoms with Crippen molar-refractivity contribution in [1.29, 1.82) is 0 Å². The van der Waals surface area contributed by atoms with Crippen LogP contribution in [-0.2, 0) is 13.1 Å². The molecule has 0 spiro atoms. The van der Waals surface area contributed by atoms with Crippen LogP contribution in [0, 0.1) is 11.6 Å². The lowest BCUT2D eigenvalue weighted by Crippen LogP contribution is -2.45. The van der Waals surface area contributed by atoms with E-state index in [4.69, 9.17) is 0 Å². The molecule has 1 saturated heterocycles. The molecule has 3 rings (SSSR count). The van der Waals surface area contributed by atoms with Crippen molar-refractivity contribution < 1.29 is 8.78 Å². The van der Waals surface area contributed by atoms with Crippen LogP contribution in [0.2, 0.25) is 0 Å². The zero-order chi connectivity index (χ0) is 15.4. The molecule has 1 heterocycles. The van der Waals surface area contributed by atoms with Gasteiger partial charge in [0.25, 0.3) is 0 Å². The van der Waals surface area contributed by atoms with Gasteiger partial charge in [0.05, 0.1) is 0 Å². The fourth-order valence-electron chi connectivity index (χ4n) is 2.89. The van der Waals surface area contributed by atoms with Gasteiger partial charge in [-0.2, -0.15) is 0 Å². The molecule has 0 N–H and O–H groups in total. The van der Waals surface area contributed by atoms with Gasteiger partial charge in [-0.15, -0.1) is 0 Å². The van der Waals surface area contributed by atoms with Crippen LogP contribution in [0.3, 0.4) is 0 Å². The average Bonchev–Trinajstić information content (AvgIpc) is 2.49. The third kappa shape index (κ3) is 4.12. The van der Waals surface area contributed by atoms with Crippen molar-refractivity contribution in [2.75, 3.05) is 26.2 Å². The van der Waals surface area contributed by atoms with Crippen LogP contribution in [0.5, 0.6) is 0 Å². The summed E-state index contributed by atoms with van der Waals surface area (Å²) < 4.78 is 26.4. The molecule has 4 heteroatoms. The Balaban J connectivity index is 1.50.